The number of carbonyl (C=O) groups is 7. The molecule has 0 aliphatic carbocycles. The summed E-state index contributed by atoms with van der Waals surface area (Å²) in [6.07, 6.45) is 1.29. The largest absolute Gasteiger partial charge is 0.481 e. The maximum Gasteiger partial charge on any atom is 0.358 e. The van der Waals surface area contributed by atoms with Crippen LogP contribution in [0.5, 0.6) is 0 Å². The van der Waals surface area contributed by atoms with Gasteiger partial charge in [-0.15, -0.1) is 0 Å². The molecule has 4 N–H and O–H groups in total. The number of aldehydes is 1. The van der Waals surface area contributed by atoms with Crippen molar-refractivity contribution < 1.29 is 38.7 Å². The van der Waals surface area contributed by atoms with Crippen LogP contribution in [0.3, 0.4) is 0 Å². The van der Waals surface area contributed by atoms with Gasteiger partial charge in [0.15, 0.2) is 0 Å². The van der Waals surface area contributed by atoms with Gasteiger partial charge in [-0.3, -0.25) is 29.4 Å². The number of nitrogens with zero attached hydrogens (tertiary/aromatic N) is 3. The number of hydrogen-bond acceptors (Lipinski definition) is 7. The number of Topliss-reactive ketones (excluding diaryl/α,β-unsaturated/α-hetero) is 1. The fourth-order valence-corrected chi connectivity index (χ4v) is 4.37. The fourth-order valence-electron chi connectivity index (χ4n) is 4.37. The van der Waals surface area contributed by atoms with Crippen molar-refractivity contribution in [2.75, 3.05) is 13.1 Å². The van der Waals surface area contributed by atoms with Crippen LogP contribution in [-0.2, 0) is 24.0 Å². The number of H-pyrrole nitrogens is 1. The standard InChI is InChI=1S/C23H24N6O8/c30-12-13(10-19(32)33)25-21(35)17-6-3-8-28-18(31)7-9-27(23(37)29(17)28)26-22(36)20(34)15-11-24-16-5-2-1-4-14(15)16/h1-2,4-5,11-13,17,24H,3,6-10H2,(H,25,35)(H,26,36)(H,32,33)/t13-,17-/m0/s1. The number of aliphatic carboxylic acids is 1. The van der Waals surface area contributed by atoms with Crippen LogP contribution >= 0.6 is 0 Å². The third-order valence-corrected chi connectivity index (χ3v) is 6.13. The molecule has 14 nitrogen and oxygen atoms in total. The number of benzene rings is 1. The molecule has 2 saturated heterocycles. The van der Waals surface area contributed by atoms with Crippen LogP contribution in [0.15, 0.2) is 30.5 Å². The average Bonchev–Trinajstić information content (AvgIpc) is 3.28. The maximum absolute atomic E-state index is 13.4. The van der Waals surface area contributed by atoms with Crippen molar-refractivity contribution in [2.45, 2.75) is 37.8 Å². The number of rotatable bonds is 8. The van der Waals surface area contributed by atoms with E-state index in [1.165, 1.54) is 6.20 Å². The second kappa shape index (κ2) is 10.5. The summed E-state index contributed by atoms with van der Waals surface area (Å²) in [5.74, 6) is -4.64. The second-order valence-corrected chi connectivity index (χ2v) is 8.57. The summed E-state index contributed by atoms with van der Waals surface area (Å²) in [6.45, 7) is -0.113. The van der Waals surface area contributed by atoms with Gasteiger partial charge >= 0.3 is 17.9 Å². The van der Waals surface area contributed by atoms with E-state index in [1.54, 1.807) is 24.3 Å². The highest BCUT2D eigenvalue weighted by atomic mass is 16.4. The zero-order valence-corrected chi connectivity index (χ0v) is 19.5. The molecule has 37 heavy (non-hydrogen) atoms. The molecule has 14 heteroatoms. The third-order valence-electron chi connectivity index (χ3n) is 6.13. The molecule has 0 bridgehead atoms. The molecule has 194 valence electrons. The number of fused-ring (bicyclic) bond motifs is 2. The van der Waals surface area contributed by atoms with Crippen molar-refractivity contribution in [2.24, 2.45) is 0 Å². The Hall–Kier alpha value is -4.75. The number of nitrogens with one attached hydrogen (secondary N) is 3. The molecule has 1 aromatic heterocycles. The van der Waals surface area contributed by atoms with Crippen molar-refractivity contribution >= 4 is 52.7 Å². The normalized spacial score (nSPS) is 18.6. The predicted octanol–water partition coefficient (Wildman–Crippen LogP) is -0.426. The molecule has 2 atom stereocenters. The highest BCUT2D eigenvalue weighted by molar-refractivity contribution is 6.45. The molecule has 0 saturated carbocycles. The van der Waals surface area contributed by atoms with Gasteiger partial charge in [0.1, 0.15) is 12.3 Å². The van der Waals surface area contributed by atoms with Gasteiger partial charge in [0.05, 0.1) is 24.6 Å². The van der Waals surface area contributed by atoms with E-state index >= 15 is 0 Å². The number of hydrogen-bond donors (Lipinski definition) is 4. The first-order valence-corrected chi connectivity index (χ1v) is 11.5. The zero-order chi connectivity index (χ0) is 26.7. The van der Waals surface area contributed by atoms with Gasteiger partial charge in [-0.1, -0.05) is 18.2 Å². The van der Waals surface area contributed by atoms with E-state index in [1.807, 2.05) is 0 Å². The van der Waals surface area contributed by atoms with E-state index in [0.717, 1.165) is 15.0 Å². The predicted molar refractivity (Wildman–Crippen MR) is 124 cm³/mol. The molecule has 3 heterocycles. The molecule has 2 aromatic rings. The smallest absolute Gasteiger partial charge is 0.358 e. The van der Waals surface area contributed by atoms with Crippen LogP contribution in [-0.4, -0.2) is 92.1 Å². The lowest BCUT2D eigenvalue weighted by atomic mass is 10.1. The van der Waals surface area contributed by atoms with Gasteiger partial charge in [0.2, 0.25) is 11.8 Å². The summed E-state index contributed by atoms with van der Waals surface area (Å²) < 4.78 is 0. The lowest BCUT2D eigenvalue weighted by Gasteiger charge is -2.42. The van der Waals surface area contributed by atoms with E-state index in [9.17, 15) is 33.6 Å². The Bertz CT molecular complexity index is 1290. The summed E-state index contributed by atoms with van der Waals surface area (Å²) in [5, 5.41) is 14.5. The summed E-state index contributed by atoms with van der Waals surface area (Å²) >= 11 is 0. The Morgan fingerprint density at radius 3 is 2.65 bits per heavy atom. The van der Waals surface area contributed by atoms with Crippen LogP contribution < -0.4 is 10.7 Å². The lowest BCUT2D eigenvalue weighted by Crippen LogP contribution is -2.65. The third kappa shape index (κ3) is 5.12. The number of hydrazine groups is 2. The highest BCUT2D eigenvalue weighted by Crippen LogP contribution is 2.24. The Balaban J connectivity index is 1.53. The van der Waals surface area contributed by atoms with E-state index in [2.05, 4.69) is 15.7 Å². The first-order valence-electron chi connectivity index (χ1n) is 11.5. The molecule has 2 fully saturated rings. The lowest BCUT2D eigenvalue weighted by molar-refractivity contribution is -0.155. The van der Waals surface area contributed by atoms with E-state index in [0.29, 0.717) is 17.3 Å². The van der Waals surface area contributed by atoms with Crippen molar-refractivity contribution in [3.63, 3.8) is 0 Å². The molecule has 2 aliphatic rings. The number of amides is 5. The summed E-state index contributed by atoms with van der Waals surface area (Å²) in [6, 6.07) is 3.36. The average molecular weight is 512 g/mol. The van der Waals surface area contributed by atoms with Gasteiger partial charge in [-0.2, -0.15) is 0 Å². The maximum atomic E-state index is 13.4. The fraction of sp³-hybridized carbons (Fsp3) is 0.348. The van der Waals surface area contributed by atoms with Crippen molar-refractivity contribution in [1.82, 2.24) is 30.8 Å². The van der Waals surface area contributed by atoms with Crippen LogP contribution in [0, 0.1) is 0 Å². The van der Waals surface area contributed by atoms with E-state index in [-0.39, 0.29) is 37.8 Å². The van der Waals surface area contributed by atoms with E-state index < -0.39 is 54.0 Å². The number of para-hydroxylation sites is 1. The molecule has 1 aromatic carbocycles. The quantitative estimate of drug-likeness (QED) is 0.208. The van der Waals surface area contributed by atoms with Crippen LogP contribution in [0.25, 0.3) is 10.9 Å². The minimum absolute atomic E-state index is 0.0987. The first-order chi connectivity index (χ1) is 17.7. The van der Waals surface area contributed by atoms with Crippen molar-refractivity contribution in [3.05, 3.63) is 36.0 Å². The van der Waals surface area contributed by atoms with Crippen LogP contribution in [0.2, 0.25) is 0 Å². The number of ketones is 1. The van der Waals surface area contributed by atoms with Gasteiger partial charge in [0.25, 0.3) is 5.78 Å². The number of aromatic amines is 1. The Kier molecular flexibility index (Phi) is 7.18. The summed E-state index contributed by atoms with van der Waals surface area (Å²) in [5.41, 5.74) is 2.99. The minimum Gasteiger partial charge on any atom is -0.481 e. The summed E-state index contributed by atoms with van der Waals surface area (Å²) in [4.78, 5) is 89.8. The minimum atomic E-state index is -1.33. The van der Waals surface area contributed by atoms with Crippen LogP contribution in [0.1, 0.15) is 36.0 Å². The van der Waals surface area contributed by atoms with Gasteiger partial charge in [-0.25, -0.2) is 19.8 Å². The highest BCUT2D eigenvalue weighted by Gasteiger charge is 2.44. The number of carbonyl (C=O) groups excluding carboxylic acids is 6. The Morgan fingerprint density at radius 1 is 1.16 bits per heavy atom. The van der Waals surface area contributed by atoms with Crippen molar-refractivity contribution in [1.29, 1.82) is 0 Å². The topological polar surface area (TPSA) is 189 Å². The number of urea groups is 1. The molecule has 2 aliphatic heterocycles. The molecule has 0 radical (unpaired) electrons. The molecule has 5 amide bonds. The SMILES string of the molecule is O=C[C@H](CC(=O)O)NC(=O)[C@@H]1CCCN2C(=O)CCN(NC(=O)C(=O)c3c[nH]c4ccccc34)C(=O)N12. The van der Waals surface area contributed by atoms with Gasteiger partial charge in [-0.05, 0) is 18.9 Å². The molecule has 4 rings (SSSR count). The number of carboxylic acid groups (broad SMARTS) is 1. The van der Waals surface area contributed by atoms with Crippen molar-refractivity contribution in [3.8, 4) is 0 Å². The van der Waals surface area contributed by atoms with Gasteiger partial charge < -0.3 is 20.2 Å². The zero-order valence-electron chi connectivity index (χ0n) is 19.5. The molecule has 0 spiro atoms. The van der Waals surface area contributed by atoms with Crippen LogP contribution in [0.4, 0.5) is 4.79 Å². The summed E-state index contributed by atoms with van der Waals surface area (Å²) in [7, 11) is 0. The molecule has 0 unspecified atom stereocenters. The van der Waals surface area contributed by atoms with E-state index in [4.69, 9.17) is 5.11 Å². The molecular formula is C23H24N6O8. The molecular weight excluding hydrogens is 488 g/mol. The number of carboxylic acids is 1. The Morgan fingerprint density at radius 2 is 1.92 bits per heavy atom. The Labute approximate surface area is 209 Å². The monoisotopic (exact) mass is 512 g/mol. The van der Waals surface area contributed by atoms with Gasteiger partial charge in [0, 0.05) is 30.1 Å². The first kappa shape index (κ1) is 25.3. The number of aromatic nitrogens is 1. The second-order valence-electron chi connectivity index (χ2n) is 8.57.